The van der Waals surface area contributed by atoms with E-state index in [0.717, 1.165) is 29.7 Å². The molecule has 0 radical (unpaired) electrons. The summed E-state index contributed by atoms with van der Waals surface area (Å²) in [5.41, 5.74) is 3.28. The first-order valence-electron chi connectivity index (χ1n) is 11.0. The van der Waals surface area contributed by atoms with Gasteiger partial charge in [-0.2, -0.15) is 14.3 Å². The van der Waals surface area contributed by atoms with Gasteiger partial charge in [-0.25, -0.2) is 0 Å². The summed E-state index contributed by atoms with van der Waals surface area (Å²) in [5, 5.41) is 20.1. The molecular weight excluding hydrogens is 422 g/mol. The molecule has 1 amide bonds. The molecule has 33 heavy (non-hydrogen) atoms. The van der Waals surface area contributed by atoms with Crippen molar-refractivity contribution in [3.63, 3.8) is 0 Å². The first-order chi connectivity index (χ1) is 16.1. The number of unbranched alkanes of at least 4 members (excludes halogenated alkanes) is 1. The summed E-state index contributed by atoms with van der Waals surface area (Å²) in [7, 11) is 1.63. The zero-order chi connectivity index (χ0) is 22.9. The van der Waals surface area contributed by atoms with Crippen LogP contribution in [0.5, 0.6) is 11.5 Å². The average Bonchev–Trinajstić information content (AvgIpc) is 3.42. The summed E-state index contributed by atoms with van der Waals surface area (Å²) in [6.07, 6.45) is 3.77. The minimum Gasteiger partial charge on any atom is -0.493 e. The predicted octanol–water partition coefficient (Wildman–Crippen LogP) is 3.28. The number of fused-ring (bicyclic) bond motifs is 2. The average molecular weight is 447 g/mol. The van der Waals surface area contributed by atoms with E-state index in [9.17, 15) is 4.79 Å². The number of rotatable bonds is 7. The Kier molecular flexibility index (Phi) is 5.41. The standard InChI is InChI=1S/C23H25N7O3/c1-4-5-11-33-22-15(7-6-8-17(22)32-3)16-12-20(31)25-23-21(16)14(2)27-30(23)19-10-9-18-26-24-13-29(18)28-19/h6-10,13,16H,4-5,11-12H2,1-3H3,(H,25,31)/t16-/m1/s1. The number of carbonyl (C=O) groups excluding carboxylic acids is 1. The van der Waals surface area contributed by atoms with Crippen LogP contribution in [0.1, 0.15) is 48.9 Å². The van der Waals surface area contributed by atoms with E-state index in [0.29, 0.717) is 35.4 Å². The molecule has 1 aromatic carbocycles. The number of methoxy groups -OCH3 is 1. The van der Waals surface area contributed by atoms with Gasteiger partial charge in [-0.15, -0.1) is 15.3 Å². The van der Waals surface area contributed by atoms with Crippen molar-refractivity contribution in [1.82, 2.24) is 29.6 Å². The lowest BCUT2D eigenvalue weighted by Gasteiger charge is -2.26. The minimum atomic E-state index is -0.229. The molecule has 0 spiro atoms. The van der Waals surface area contributed by atoms with Crippen LogP contribution in [0.4, 0.5) is 5.82 Å². The SMILES string of the molecule is CCCCOc1c(OC)cccc1[C@H]1CC(=O)Nc2c1c(C)nn2-c1ccc2nncn2n1. The second kappa shape index (κ2) is 8.53. The number of ether oxygens (including phenoxy) is 2. The van der Waals surface area contributed by atoms with Crippen LogP contribution in [0.2, 0.25) is 0 Å². The zero-order valence-corrected chi connectivity index (χ0v) is 18.8. The Bertz CT molecular complexity index is 1330. The first-order valence-corrected chi connectivity index (χ1v) is 11.0. The smallest absolute Gasteiger partial charge is 0.226 e. The molecule has 4 aromatic rings. The number of para-hydroxylation sites is 1. The fraction of sp³-hybridized carbons (Fsp3) is 0.348. The molecule has 0 fully saturated rings. The summed E-state index contributed by atoms with van der Waals surface area (Å²) in [4.78, 5) is 12.8. The van der Waals surface area contributed by atoms with Gasteiger partial charge in [0.25, 0.3) is 0 Å². The highest BCUT2D eigenvalue weighted by Crippen LogP contribution is 2.45. The third kappa shape index (κ3) is 3.67. The maximum Gasteiger partial charge on any atom is 0.226 e. The van der Waals surface area contributed by atoms with E-state index in [-0.39, 0.29) is 18.2 Å². The number of hydrogen-bond acceptors (Lipinski definition) is 7. The molecule has 10 nitrogen and oxygen atoms in total. The minimum absolute atomic E-state index is 0.0960. The van der Waals surface area contributed by atoms with Crippen molar-refractivity contribution in [2.45, 2.75) is 39.0 Å². The van der Waals surface area contributed by atoms with E-state index in [4.69, 9.17) is 14.6 Å². The van der Waals surface area contributed by atoms with Crippen molar-refractivity contribution in [2.75, 3.05) is 19.0 Å². The van der Waals surface area contributed by atoms with E-state index in [1.54, 1.807) is 22.4 Å². The Balaban J connectivity index is 1.63. The fourth-order valence-electron chi connectivity index (χ4n) is 4.25. The Labute approximate surface area is 190 Å². The molecule has 1 aliphatic rings. The van der Waals surface area contributed by atoms with Crippen LogP contribution < -0.4 is 14.8 Å². The molecule has 0 saturated carbocycles. The van der Waals surface area contributed by atoms with Crippen molar-refractivity contribution in [3.8, 4) is 17.3 Å². The number of carbonyl (C=O) groups is 1. The molecule has 10 heteroatoms. The lowest BCUT2D eigenvalue weighted by molar-refractivity contribution is -0.116. The van der Waals surface area contributed by atoms with Crippen molar-refractivity contribution >= 4 is 17.4 Å². The molecule has 0 aliphatic carbocycles. The molecule has 170 valence electrons. The quantitative estimate of drug-likeness (QED) is 0.433. The summed E-state index contributed by atoms with van der Waals surface area (Å²) in [6.45, 7) is 4.64. The number of hydrogen-bond donors (Lipinski definition) is 1. The van der Waals surface area contributed by atoms with Gasteiger partial charge in [-0.1, -0.05) is 25.5 Å². The van der Waals surface area contributed by atoms with Crippen LogP contribution in [0, 0.1) is 6.92 Å². The number of anilines is 1. The number of amides is 1. The van der Waals surface area contributed by atoms with Crippen LogP contribution in [-0.4, -0.2) is 49.2 Å². The van der Waals surface area contributed by atoms with Crippen LogP contribution >= 0.6 is 0 Å². The maximum atomic E-state index is 12.8. The lowest BCUT2D eigenvalue weighted by Crippen LogP contribution is -2.25. The zero-order valence-electron chi connectivity index (χ0n) is 18.8. The topological polar surface area (TPSA) is 108 Å². The summed E-state index contributed by atoms with van der Waals surface area (Å²) < 4.78 is 15.0. The maximum absolute atomic E-state index is 12.8. The Morgan fingerprint density at radius 3 is 2.91 bits per heavy atom. The van der Waals surface area contributed by atoms with Gasteiger partial charge in [-0.3, -0.25) is 4.79 Å². The molecule has 1 atom stereocenters. The molecular formula is C23H25N7O3. The second-order valence-corrected chi connectivity index (χ2v) is 7.97. The predicted molar refractivity (Wildman–Crippen MR) is 121 cm³/mol. The van der Waals surface area contributed by atoms with E-state index >= 15 is 0 Å². The van der Waals surface area contributed by atoms with Crippen LogP contribution in [0.25, 0.3) is 11.5 Å². The number of aromatic nitrogens is 6. The molecule has 5 rings (SSSR count). The van der Waals surface area contributed by atoms with Crippen LogP contribution in [-0.2, 0) is 4.79 Å². The normalized spacial score (nSPS) is 15.4. The largest absolute Gasteiger partial charge is 0.493 e. The summed E-state index contributed by atoms with van der Waals surface area (Å²) in [6, 6.07) is 9.41. The highest BCUT2D eigenvalue weighted by molar-refractivity contribution is 5.95. The third-order valence-electron chi connectivity index (χ3n) is 5.82. The number of nitrogens with zero attached hydrogens (tertiary/aromatic N) is 6. The van der Waals surface area contributed by atoms with Gasteiger partial charge >= 0.3 is 0 Å². The van der Waals surface area contributed by atoms with E-state index in [1.165, 1.54) is 6.33 Å². The van der Waals surface area contributed by atoms with Gasteiger partial charge in [0.2, 0.25) is 5.91 Å². The van der Waals surface area contributed by atoms with Gasteiger partial charge in [-0.05, 0) is 31.5 Å². The van der Waals surface area contributed by atoms with Crippen molar-refractivity contribution in [3.05, 3.63) is 53.5 Å². The Hall–Kier alpha value is -3.95. The fourth-order valence-corrected chi connectivity index (χ4v) is 4.25. The van der Waals surface area contributed by atoms with E-state index in [1.807, 2.05) is 31.2 Å². The monoisotopic (exact) mass is 447 g/mol. The first kappa shape index (κ1) is 20.9. The lowest BCUT2D eigenvalue weighted by atomic mass is 9.85. The number of nitrogens with one attached hydrogen (secondary N) is 1. The van der Waals surface area contributed by atoms with E-state index < -0.39 is 0 Å². The van der Waals surface area contributed by atoms with Gasteiger partial charge in [0, 0.05) is 23.5 Å². The number of aryl methyl sites for hydroxylation is 1. The molecule has 0 unspecified atom stereocenters. The van der Waals surface area contributed by atoms with Crippen molar-refractivity contribution in [1.29, 1.82) is 0 Å². The van der Waals surface area contributed by atoms with Gasteiger partial charge in [0.1, 0.15) is 12.1 Å². The Morgan fingerprint density at radius 1 is 1.21 bits per heavy atom. The summed E-state index contributed by atoms with van der Waals surface area (Å²) >= 11 is 0. The molecule has 1 aliphatic heterocycles. The third-order valence-corrected chi connectivity index (χ3v) is 5.82. The van der Waals surface area contributed by atoms with Crippen LogP contribution in [0.3, 0.4) is 0 Å². The number of benzene rings is 1. The second-order valence-electron chi connectivity index (χ2n) is 7.97. The highest BCUT2D eigenvalue weighted by Gasteiger charge is 2.35. The highest BCUT2D eigenvalue weighted by atomic mass is 16.5. The molecule has 4 heterocycles. The molecule has 0 saturated heterocycles. The van der Waals surface area contributed by atoms with Gasteiger partial charge in [0.05, 0.1) is 19.4 Å². The Morgan fingerprint density at radius 2 is 2.09 bits per heavy atom. The van der Waals surface area contributed by atoms with Gasteiger partial charge < -0.3 is 14.8 Å². The molecule has 1 N–H and O–H groups in total. The van der Waals surface area contributed by atoms with Crippen LogP contribution in [0.15, 0.2) is 36.7 Å². The molecule has 3 aromatic heterocycles. The van der Waals surface area contributed by atoms with Gasteiger partial charge in [0.15, 0.2) is 23.0 Å². The van der Waals surface area contributed by atoms with E-state index in [2.05, 4.69) is 27.5 Å². The summed E-state index contributed by atoms with van der Waals surface area (Å²) in [5.74, 6) is 2.17. The molecule has 0 bridgehead atoms. The van der Waals surface area contributed by atoms with Crippen molar-refractivity contribution in [2.24, 2.45) is 0 Å². The van der Waals surface area contributed by atoms with Crippen molar-refractivity contribution < 1.29 is 14.3 Å².